The second kappa shape index (κ2) is 6.16. The molecule has 0 rings (SSSR count). The van der Waals surface area contributed by atoms with E-state index in [1.165, 1.54) is 5.54 Å². The number of ether oxygens (including phenoxy) is 1. The number of carbonyl (C=O) groups excluding carboxylic acids is 1. The van der Waals surface area contributed by atoms with E-state index < -0.39 is 5.60 Å². The van der Waals surface area contributed by atoms with Crippen molar-refractivity contribution >= 4 is 17.6 Å². The molecule has 0 amide bonds. The first-order valence-corrected chi connectivity index (χ1v) is 5.69. The molecule has 0 radical (unpaired) electrons. The van der Waals surface area contributed by atoms with Crippen LogP contribution in [0.5, 0.6) is 0 Å². The lowest BCUT2D eigenvalue weighted by atomic mass is 9.92. The van der Waals surface area contributed by atoms with Gasteiger partial charge in [-0.1, -0.05) is 31.5 Å². The van der Waals surface area contributed by atoms with E-state index in [-0.39, 0.29) is 17.8 Å². The third-order valence-corrected chi connectivity index (χ3v) is 2.17. The summed E-state index contributed by atoms with van der Waals surface area (Å²) in [6, 6.07) is 0. The van der Waals surface area contributed by atoms with Gasteiger partial charge in [-0.3, -0.25) is 4.79 Å². The maximum absolute atomic E-state index is 11.8. The van der Waals surface area contributed by atoms with Crippen LogP contribution < -0.4 is 0 Å². The predicted octanol–water partition coefficient (Wildman–Crippen LogP) is 3.74. The molecule has 0 spiro atoms. The molecule has 3 heteroatoms. The smallest absolute Gasteiger partial charge is 0.310 e. The zero-order valence-electron chi connectivity index (χ0n) is 10.2. The lowest BCUT2D eigenvalue weighted by molar-refractivity contribution is -0.161. The van der Waals surface area contributed by atoms with Gasteiger partial charge >= 0.3 is 5.97 Å². The maximum Gasteiger partial charge on any atom is 0.310 e. The summed E-state index contributed by atoms with van der Waals surface area (Å²) in [5, 5.41) is 0. The summed E-state index contributed by atoms with van der Waals surface area (Å²) >= 11 is 5.46. The Bertz CT molecular complexity index is 226. The zero-order chi connectivity index (χ0) is 12.1. The Morgan fingerprint density at radius 3 is 2.27 bits per heavy atom. The van der Waals surface area contributed by atoms with Gasteiger partial charge in [0.15, 0.2) is 0 Å². The van der Waals surface area contributed by atoms with Crippen LogP contribution in [0, 0.1) is 11.8 Å². The molecule has 1 unspecified atom stereocenters. The molecule has 0 aliphatic rings. The van der Waals surface area contributed by atoms with Crippen LogP contribution in [0.25, 0.3) is 0 Å². The molecule has 0 saturated heterocycles. The summed E-state index contributed by atoms with van der Waals surface area (Å²) in [4.78, 5) is 11.8. The molecule has 15 heavy (non-hydrogen) atoms. The summed E-state index contributed by atoms with van der Waals surface area (Å²) in [5.41, 5.74) is 1.02. The van der Waals surface area contributed by atoms with Crippen molar-refractivity contribution < 1.29 is 9.53 Å². The largest absolute Gasteiger partial charge is 0.460 e. The number of hydrogen-bond donors (Lipinski definition) is 0. The molecular formula is C12H21ClO2. The van der Waals surface area contributed by atoms with Crippen LogP contribution in [-0.2, 0) is 9.53 Å². The molecule has 88 valence electrons. The molecule has 0 saturated carbocycles. The van der Waals surface area contributed by atoms with Gasteiger partial charge in [-0.05, 0) is 33.1 Å². The topological polar surface area (TPSA) is 26.3 Å². The number of carbonyl (C=O) groups is 1. The minimum Gasteiger partial charge on any atom is -0.460 e. The highest BCUT2D eigenvalue weighted by atomic mass is 35.5. The second-order valence-corrected chi connectivity index (χ2v) is 5.23. The average molecular weight is 233 g/mol. The molecule has 0 fully saturated rings. The van der Waals surface area contributed by atoms with Crippen molar-refractivity contribution in [1.82, 2.24) is 0 Å². The molecule has 0 heterocycles. The average Bonchev–Trinajstić information content (AvgIpc) is 2.00. The van der Waals surface area contributed by atoms with Gasteiger partial charge in [0.2, 0.25) is 0 Å². The van der Waals surface area contributed by atoms with E-state index in [0.29, 0.717) is 6.42 Å². The number of rotatable bonds is 4. The summed E-state index contributed by atoms with van der Waals surface area (Å²) in [6.07, 6.45) is 2.42. The van der Waals surface area contributed by atoms with Gasteiger partial charge in [0, 0.05) is 5.54 Å². The monoisotopic (exact) mass is 232 g/mol. The molecule has 0 bridgehead atoms. The van der Waals surface area contributed by atoms with Crippen molar-refractivity contribution in [1.29, 1.82) is 0 Å². The highest BCUT2D eigenvalue weighted by Crippen LogP contribution is 2.21. The molecular weight excluding hydrogens is 212 g/mol. The molecule has 0 aromatic rings. The van der Waals surface area contributed by atoms with E-state index in [4.69, 9.17) is 16.3 Å². The van der Waals surface area contributed by atoms with Crippen molar-refractivity contribution in [3.63, 3.8) is 0 Å². The molecule has 1 atom stereocenters. The molecule has 0 N–H and O–H groups in total. The van der Waals surface area contributed by atoms with E-state index in [1.54, 1.807) is 6.08 Å². The van der Waals surface area contributed by atoms with Gasteiger partial charge < -0.3 is 4.74 Å². The fraction of sp³-hybridized carbons (Fsp3) is 0.750. The van der Waals surface area contributed by atoms with Crippen molar-refractivity contribution in [2.24, 2.45) is 11.8 Å². The van der Waals surface area contributed by atoms with Crippen LogP contribution in [0.3, 0.4) is 0 Å². The number of halogens is 1. The minimum absolute atomic E-state index is 0.112. The first-order chi connectivity index (χ1) is 6.78. The maximum atomic E-state index is 11.8. The van der Waals surface area contributed by atoms with E-state index in [1.807, 2.05) is 34.6 Å². The summed E-state index contributed by atoms with van der Waals surface area (Å²) < 4.78 is 5.34. The highest BCUT2D eigenvalue weighted by Gasteiger charge is 2.26. The van der Waals surface area contributed by atoms with Gasteiger partial charge in [0.05, 0.1) is 5.92 Å². The molecule has 2 nitrogen and oxygen atoms in total. The first kappa shape index (κ1) is 14.5. The van der Waals surface area contributed by atoms with Gasteiger partial charge in [-0.25, -0.2) is 0 Å². The Hall–Kier alpha value is -0.500. The Kier molecular flexibility index (Phi) is 5.96. The molecule has 0 aliphatic carbocycles. The predicted molar refractivity (Wildman–Crippen MR) is 63.8 cm³/mol. The standard InChI is InChI=1S/C12H21ClO2/c1-9(2)10(7-6-8-13)11(14)15-12(3,4)5/h6,8-10H,7H2,1-5H3. The first-order valence-electron chi connectivity index (χ1n) is 5.26. The van der Waals surface area contributed by atoms with E-state index >= 15 is 0 Å². The second-order valence-electron chi connectivity index (χ2n) is 4.98. The van der Waals surface area contributed by atoms with Crippen LogP contribution in [0.4, 0.5) is 0 Å². The van der Waals surface area contributed by atoms with Crippen LogP contribution in [-0.4, -0.2) is 11.6 Å². The van der Waals surface area contributed by atoms with Crippen molar-refractivity contribution in [2.45, 2.75) is 46.6 Å². The minimum atomic E-state index is -0.422. The Balaban J connectivity index is 4.43. The van der Waals surface area contributed by atoms with Crippen LogP contribution in [0.2, 0.25) is 0 Å². The number of allylic oxidation sites excluding steroid dienone is 1. The van der Waals surface area contributed by atoms with E-state index in [0.717, 1.165) is 0 Å². The quantitative estimate of drug-likeness (QED) is 0.691. The molecule has 0 aliphatic heterocycles. The van der Waals surface area contributed by atoms with Gasteiger partial charge in [-0.15, -0.1) is 0 Å². The zero-order valence-corrected chi connectivity index (χ0v) is 11.0. The third-order valence-electron chi connectivity index (χ3n) is 1.99. The van der Waals surface area contributed by atoms with Crippen molar-refractivity contribution in [3.8, 4) is 0 Å². The normalized spacial score (nSPS) is 14.6. The number of esters is 1. The van der Waals surface area contributed by atoms with Crippen molar-refractivity contribution in [2.75, 3.05) is 0 Å². The lowest BCUT2D eigenvalue weighted by Crippen LogP contribution is -2.30. The Morgan fingerprint density at radius 2 is 1.93 bits per heavy atom. The van der Waals surface area contributed by atoms with Crippen LogP contribution in [0.15, 0.2) is 11.6 Å². The summed E-state index contributed by atoms with van der Waals surface area (Å²) in [6.45, 7) is 9.65. The van der Waals surface area contributed by atoms with Gasteiger partial charge in [0.25, 0.3) is 0 Å². The van der Waals surface area contributed by atoms with Gasteiger partial charge in [-0.2, -0.15) is 0 Å². The lowest BCUT2D eigenvalue weighted by Gasteiger charge is -2.25. The molecule has 0 aromatic heterocycles. The Labute approximate surface area is 97.6 Å². The van der Waals surface area contributed by atoms with Gasteiger partial charge in [0.1, 0.15) is 5.60 Å². The van der Waals surface area contributed by atoms with Crippen LogP contribution >= 0.6 is 11.6 Å². The fourth-order valence-corrected chi connectivity index (χ4v) is 1.32. The van der Waals surface area contributed by atoms with E-state index in [2.05, 4.69) is 0 Å². The van der Waals surface area contributed by atoms with E-state index in [9.17, 15) is 4.79 Å². The fourth-order valence-electron chi connectivity index (χ4n) is 1.22. The highest BCUT2D eigenvalue weighted by molar-refractivity contribution is 6.25. The summed E-state index contributed by atoms with van der Waals surface area (Å²) in [5.74, 6) is -0.000733. The SMILES string of the molecule is CC(C)C(CC=CCl)C(=O)OC(C)(C)C. The number of hydrogen-bond acceptors (Lipinski definition) is 2. The summed E-state index contributed by atoms with van der Waals surface area (Å²) in [7, 11) is 0. The van der Waals surface area contributed by atoms with Crippen molar-refractivity contribution in [3.05, 3.63) is 11.6 Å². The Morgan fingerprint density at radius 1 is 1.40 bits per heavy atom. The molecule has 0 aromatic carbocycles. The van der Waals surface area contributed by atoms with Crippen LogP contribution in [0.1, 0.15) is 41.0 Å². The third kappa shape index (κ3) is 6.56.